The minimum absolute atomic E-state index is 0.162. The fraction of sp³-hybridized carbons (Fsp3) is 0.640. The van der Waals surface area contributed by atoms with Crippen molar-refractivity contribution in [2.45, 2.75) is 70.5 Å². The Hall–Kier alpha value is -2.72. The molecule has 2 aromatic rings. The maximum Gasteiger partial charge on any atom is 0.324 e. The van der Waals surface area contributed by atoms with E-state index in [0.717, 1.165) is 57.4 Å². The van der Waals surface area contributed by atoms with Crippen molar-refractivity contribution in [1.82, 2.24) is 15.0 Å². The first-order valence-corrected chi connectivity index (χ1v) is 12.7. The molecule has 0 saturated carbocycles. The van der Waals surface area contributed by atoms with Crippen molar-refractivity contribution >= 4 is 11.9 Å². The second-order valence-corrected chi connectivity index (χ2v) is 9.91. The van der Waals surface area contributed by atoms with Gasteiger partial charge in [-0.05, 0) is 50.5 Å². The zero-order chi connectivity index (χ0) is 24.9. The van der Waals surface area contributed by atoms with Gasteiger partial charge in [0.25, 0.3) is 0 Å². The summed E-state index contributed by atoms with van der Waals surface area (Å²) < 4.78 is 25.9. The summed E-state index contributed by atoms with van der Waals surface area (Å²) in [6.07, 6.45) is 5.30. The van der Waals surface area contributed by atoms with Crippen LogP contribution in [0.25, 0.3) is 0 Å². The van der Waals surface area contributed by atoms with Gasteiger partial charge in [-0.15, -0.1) is 0 Å². The van der Waals surface area contributed by atoms with Crippen LogP contribution in [0, 0.1) is 11.7 Å². The molecule has 3 heterocycles. The Morgan fingerprint density at radius 1 is 1.26 bits per heavy atom. The van der Waals surface area contributed by atoms with Crippen molar-refractivity contribution in [2.24, 2.45) is 17.4 Å². The van der Waals surface area contributed by atoms with Gasteiger partial charge in [0, 0.05) is 37.2 Å². The Morgan fingerprint density at radius 2 is 2.03 bits per heavy atom. The van der Waals surface area contributed by atoms with Crippen LogP contribution in [-0.2, 0) is 4.79 Å². The third kappa shape index (κ3) is 6.10. The fourth-order valence-corrected chi connectivity index (χ4v) is 4.79. The Bertz CT molecular complexity index is 991. The van der Waals surface area contributed by atoms with Crippen molar-refractivity contribution in [3.8, 4) is 5.75 Å². The van der Waals surface area contributed by atoms with Gasteiger partial charge in [0.15, 0.2) is 5.82 Å². The number of hydrogen-bond donors (Lipinski definition) is 2. The molecule has 0 bridgehead atoms. The first-order chi connectivity index (χ1) is 16.8. The Morgan fingerprint density at radius 3 is 2.66 bits per heavy atom. The van der Waals surface area contributed by atoms with Gasteiger partial charge in [0.05, 0.1) is 12.8 Å². The van der Waals surface area contributed by atoms with E-state index in [4.69, 9.17) is 20.7 Å². The van der Waals surface area contributed by atoms with Crippen molar-refractivity contribution in [3.63, 3.8) is 0 Å². The summed E-state index contributed by atoms with van der Waals surface area (Å²) in [5, 5.41) is 4.05. The highest BCUT2D eigenvalue weighted by Gasteiger charge is 2.31. The zero-order valence-corrected chi connectivity index (χ0v) is 20.7. The molecule has 2 fully saturated rings. The summed E-state index contributed by atoms with van der Waals surface area (Å²) in [5.41, 5.74) is 12.2. The summed E-state index contributed by atoms with van der Waals surface area (Å²) >= 11 is 0. The van der Waals surface area contributed by atoms with Crippen LogP contribution >= 0.6 is 0 Å². The van der Waals surface area contributed by atoms with Crippen LogP contribution < -0.4 is 21.1 Å². The lowest BCUT2D eigenvalue weighted by molar-refractivity contribution is -0.133. The van der Waals surface area contributed by atoms with Crippen molar-refractivity contribution in [3.05, 3.63) is 35.4 Å². The Balaban J connectivity index is 1.19. The number of ether oxygens (including phenoxy) is 1. The average molecular weight is 489 g/mol. The fourth-order valence-electron chi connectivity index (χ4n) is 4.79. The molecule has 0 spiro atoms. The normalized spacial score (nSPS) is 20.0. The summed E-state index contributed by atoms with van der Waals surface area (Å²) in [5.74, 6) is 1.17. The molecule has 1 aromatic heterocycles. The van der Waals surface area contributed by atoms with E-state index in [0.29, 0.717) is 30.8 Å². The van der Waals surface area contributed by atoms with Gasteiger partial charge in [-0.3, -0.25) is 4.79 Å². The molecule has 1 unspecified atom stereocenters. The highest BCUT2D eigenvalue weighted by molar-refractivity contribution is 5.83. The molecule has 2 saturated heterocycles. The number of hydrogen-bond acceptors (Lipinski definition) is 8. The standard InChI is InChI=1S/C25H37FN6O3/c1-16(2)23-29-25(35-30-23)31-12-9-17(10-13-31)5-4-14-34-18-7-8-19(20(26)15-18)22(28)24(33)32-11-3-6-21(32)27/h7-8,15-17,21-22H,3-6,9-14,27-28H2,1-2H3/t21?,22-/m0/s1. The van der Waals surface area contributed by atoms with Crippen LogP contribution in [0.4, 0.5) is 10.4 Å². The predicted molar refractivity (Wildman–Crippen MR) is 130 cm³/mol. The number of rotatable bonds is 9. The topological polar surface area (TPSA) is 124 Å². The highest BCUT2D eigenvalue weighted by atomic mass is 19.1. The Labute approximate surface area is 206 Å². The average Bonchev–Trinajstić information content (AvgIpc) is 3.51. The van der Waals surface area contributed by atoms with E-state index in [9.17, 15) is 9.18 Å². The van der Waals surface area contributed by atoms with Crippen LogP contribution in [0.1, 0.15) is 75.7 Å². The van der Waals surface area contributed by atoms with Gasteiger partial charge in [-0.1, -0.05) is 25.1 Å². The van der Waals surface area contributed by atoms with Gasteiger partial charge in [0.2, 0.25) is 5.91 Å². The van der Waals surface area contributed by atoms with Gasteiger partial charge >= 0.3 is 6.01 Å². The number of piperidine rings is 1. The lowest BCUT2D eigenvalue weighted by Gasteiger charge is -2.30. The van der Waals surface area contributed by atoms with E-state index < -0.39 is 11.9 Å². The molecule has 9 nitrogen and oxygen atoms in total. The summed E-state index contributed by atoms with van der Waals surface area (Å²) in [6.45, 7) is 6.97. The van der Waals surface area contributed by atoms with E-state index in [1.165, 1.54) is 17.0 Å². The van der Waals surface area contributed by atoms with Crippen LogP contribution in [-0.4, -0.2) is 53.4 Å². The second kappa shape index (κ2) is 11.3. The molecule has 4 N–H and O–H groups in total. The van der Waals surface area contributed by atoms with Gasteiger partial charge in [0.1, 0.15) is 17.6 Å². The number of anilines is 1. The number of likely N-dealkylation sites (tertiary alicyclic amines) is 1. The van der Waals surface area contributed by atoms with E-state index in [1.807, 2.05) is 13.8 Å². The lowest BCUT2D eigenvalue weighted by Crippen LogP contribution is -2.45. The SMILES string of the molecule is CC(C)c1noc(N2CCC(CCCOc3ccc([C@H](N)C(=O)N4CCCC4N)c(F)c3)CC2)n1. The monoisotopic (exact) mass is 488 g/mol. The molecule has 2 aliphatic rings. The minimum Gasteiger partial charge on any atom is -0.493 e. The molecule has 2 aliphatic heterocycles. The smallest absolute Gasteiger partial charge is 0.324 e. The van der Waals surface area contributed by atoms with Crippen molar-refractivity contribution < 1.29 is 18.4 Å². The largest absolute Gasteiger partial charge is 0.493 e. The minimum atomic E-state index is -1.07. The van der Waals surface area contributed by atoms with Crippen molar-refractivity contribution in [2.75, 3.05) is 31.1 Å². The van der Waals surface area contributed by atoms with Crippen LogP contribution in [0.2, 0.25) is 0 Å². The van der Waals surface area contributed by atoms with Crippen LogP contribution in [0.15, 0.2) is 22.7 Å². The quantitative estimate of drug-likeness (QED) is 0.515. The number of nitrogens with zero attached hydrogens (tertiary/aromatic N) is 4. The van der Waals surface area contributed by atoms with E-state index >= 15 is 0 Å². The molecule has 1 amide bonds. The highest BCUT2D eigenvalue weighted by Crippen LogP contribution is 2.27. The maximum absolute atomic E-state index is 14.7. The molecule has 0 radical (unpaired) electrons. The number of carbonyl (C=O) groups excluding carboxylic acids is 1. The molecular weight excluding hydrogens is 451 g/mol. The molecule has 2 atom stereocenters. The number of aromatic nitrogens is 2. The maximum atomic E-state index is 14.7. The molecule has 4 rings (SSSR count). The van der Waals surface area contributed by atoms with Crippen LogP contribution in [0.3, 0.4) is 0 Å². The molecule has 0 aliphatic carbocycles. The zero-order valence-electron chi connectivity index (χ0n) is 20.7. The molecular formula is C25H37FN6O3. The lowest BCUT2D eigenvalue weighted by atomic mass is 9.92. The molecule has 1 aromatic carbocycles. The first kappa shape index (κ1) is 25.4. The number of benzene rings is 1. The number of nitrogens with two attached hydrogens (primary N) is 2. The summed E-state index contributed by atoms with van der Waals surface area (Å²) in [4.78, 5) is 20.8. The van der Waals surface area contributed by atoms with Gasteiger partial charge in [-0.25, -0.2) is 4.39 Å². The third-order valence-electron chi connectivity index (χ3n) is 7.01. The van der Waals surface area contributed by atoms with E-state index in [2.05, 4.69) is 15.0 Å². The number of amides is 1. The molecule has 35 heavy (non-hydrogen) atoms. The molecule has 10 heteroatoms. The predicted octanol–water partition coefficient (Wildman–Crippen LogP) is 3.31. The number of carbonyl (C=O) groups is 1. The third-order valence-corrected chi connectivity index (χ3v) is 7.01. The Kier molecular flexibility index (Phi) is 8.22. The van der Waals surface area contributed by atoms with Gasteiger partial charge in [-0.2, -0.15) is 4.98 Å². The van der Waals surface area contributed by atoms with Crippen molar-refractivity contribution in [1.29, 1.82) is 0 Å². The summed E-state index contributed by atoms with van der Waals surface area (Å²) in [6, 6.07) is 4.06. The van der Waals surface area contributed by atoms with E-state index in [-0.39, 0.29) is 23.6 Å². The molecule has 192 valence electrons. The second-order valence-electron chi connectivity index (χ2n) is 9.91. The van der Waals surface area contributed by atoms with Crippen LogP contribution in [0.5, 0.6) is 5.75 Å². The number of halogens is 1. The summed E-state index contributed by atoms with van der Waals surface area (Å²) in [7, 11) is 0. The van der Waals surface area contributed by atoms with E-state index in [1.54, 1.807) is 6.07 Å². The first-order valence-electron chi connectivity index (χ1n) is 12.7. The van der Waals surface area contributed by atoms with Gasteiger partial charge < -0.3 is 30.5 Å².